The summed E-state index contributed by atoms with van der Waals surface area (Å²) in [7, 11) is 1.63. The number of alkyl carbamates (subject to hydrolysis) is 1. The smallest absolute Gasteiger partial charge is 0.407 e. The average Bonchev–Trinajstić information content (AvgIpc) is 3.11. The lowest BCUT2D eigenvalue weighted by Crippen LogP contribution is -2.28. The Morgan fingerprint density at radius 1 is 1.24 bits per heavy atom. The molecule has 3 rings (SSSR count). The largest absolute Gasteiger partial charge is 0.497 e. The molecule has 1 amide bonds. The van der Waals surface area contributed by atoms with E-state index in [1.54, 1.807) is 7.11 Å². The van der Waals surface area contributed by atoms with Crippen molar-refractivity contribution in [3.8, 4) is 5.75 Å². The molecule has 0 fully saturated rings. The van der Waals surface area contributed by atoms with Crippen LogP contribution in [-0.2, 0) is 4.74 Å². The zero-order valence-corrected chi connectivity index (χ0v) is 17.4. The number of aryl methyl sites for hydroxylation is 1. The Balaban J connectivity index is 1.60. The molecule has 1 unspecified atom stereocenters. The van der Waals surface area contributed by atoms with Gasteiger partial charge in [0.25, 0.3) is 0 Å². The normalized spacial score (nSPS) is 12.1. The molecule has 156 valence electrons. The van der Waals surface area contributed by atoms with E-state index in [0.29, 0.717) is 24.6 Å². The van der Waals surface area contributed by atoms with Crippen molar-refractivity contribution in [2.45, 2.75) is 46.1 Å². The summed E-state index contributed by atoms with van der Waals surface area (Å²) in [5.41, 5.74) is 2.42. The molecule has 0 saturated carbocycles. The summed E-state index contributed by atoms with van der Waals surface area (Å²) in [6.45, 7) is 7.04. The molecule has 1 atom stereocenters. The predicted molar refractivity (Wildman–Crippen MR) is 112 cm³/mol. The number of hydrogen-bond acceptors (Lipinski definition) is 7. The number of anilines is 1. The van der Waals surface area contributed by atoms with Crippen LogP contribution in [0.15, 0.2) is 18.2 Å². The summed E-state index contributed by atoms with van der Waals surface area (Å²) in [5, 5.41) is 14.6. The van der Waals surface area contributed by atoms with E-state index in [2.05, 4.69) is 20.8 Å². The van der Waals surface area contributed by atoms with E-state index in [9.17, 15) is 4.79 Å². The van der Waals surface area contributed by atoms with Crippen molar-refractivity contribution >= 4 is 28.6 Å². The highest BCUT2D eigenvalue weighted by molar-refractivity contribution is 5.84. The van der Waals surface area contributed by atoms with Gasteiger partial charge in [-0.15, -0.1) is 10.2 Å². The summed E-state index contributed by atoms with van der Waals surface area (Å²) in [4.78, 5) is 16.3. The second-order valence-electron chi connectivity index (χ2n) is 6.91. The van der Waals surface area contributed by atoms with Gasteiger partial charge in [-0.2, -0.15) is 0 Å². The van der Waals surface area contributed by atoms with Crippen molar-refractivity contribution in [2.24, 2.45) is 0 Å². The minimum atomic E-state index is -0.363. The van der Waals surface area contributed by atoms with Crippen molar-refractivity contribution in [3.05, 3.63) is 24.0 Å². The van der Waals surface area contributed by atoms with Crippen LogP contribution >= 0.6 is 0 Å². The van der Waals surface area contributed by atoms with Crippen LogP contribution in [0.25, 0.3) is 16.7 Å². The molecule has 2 heterocycles. The van der Waals surface area contributed by atoms with E-state index in [4.69, 9.17) is 14.5 Å². The van der Waals surface area contributed by atoms with Gasteiger partial charge in [0, 0.05) is 19.2 Å². The maximum atomic E-state index is 11.6. The molecular formula is C20H28N6O3. The number of nitrogens with one attached hydrogen (secondary N) is 2. The Morgan fingerprint density at radius 2 is 2.03 bits per heavy atom. The molecule has 0 aliphatic carbocycles. The highest BCUT2D eigenvalue weighted by Crippen LogP contribution is 2.24. The molecule has 0 radical (unpaired) electrons. The third-order valence-electron chi connectivity index (χ3n) is 4.74. The zero-order valence-electron chi connectivity index (χ0n) is 17.4. The second-order valence-corrected chi connectivity index (χ2v) is 6.91. The second kappa shape index (κ2) is 9.40. The number of carbonyl (C=O) groups excluding carboxylic acids is 1. The molecule has 0 spiro atoms. The molecule has 2 aromatic heterocycles. The summed E-state index contributed by atoms with van der Waals surface area (Å²) in [6.07, 6.45) is 2.06. The fourth-order valence-corrected chi connectivity index (χ4v) is 2.96. The number of benzene rings is 1. The van der Waals surface area contributed by atoms with Crippen molar-refractivity contribution in [3.63, 3.8) is 0 Å². The number of unbranched alkanes of at least 4 members (excludes halogenated alkanes) is 1. The van der Waals surface area contributed by atoms with Crippen LogP contribution in [-0.4, -0.2) is 52.0 Å². The Kier molecular flexibility index (Phi) is 6.69. The van der Waals surface area contributed by atoms with Crippen LogP contribution in [0.2, 0.25) is 0 Å². The maximum absolute atomic E-state index is 11.6. The topological polar surface area (TPSA) is 103 Å². The predicted octanol–water partition coefficient (Wildman–Crippen LogP) is 3.31. The quantitative estimate of drug-likeness (QED) is 0.531. The first-order chi connectivity index (χ1) is 14.0. The minimum absolute atomic E-state index is 0.0664. The molecule has 0 bridgehead atoms. The van der Waals surface area contributed by atoms with Crippen LogP contribution < -0.4 is 15.4 Å². The highest BCUT2D eigenvalue weighted by Gasteiger charge is 2.13. The van der Waals surface area contributed by atoms with Gasteiger partial charge < -0.3 is 20.1 Å². The number of rotatable bonds is 9. The fraction of sp³-hybridized carbons (Fsp3) is 0.500. The van der Waals surface area contributed by atoms with Crippen molar-refractivity contribution in [2.75, 3.05) is 25.5 Å². The Bertz CT molecular complexity index is 987. The minimum Gasteiger partial charge on any atom is -0.497 e. The molecule has 0 aliphatic rings. The monoisotopic (exact) mass is 400 g/mol. The molecule has 9 heteroatoms. The third kappa shape index (κ3) is 4.85. The number of ether oxygens (including phenoxy) is 2. The highest BCUT2D eigenvalue weighted by atomic mass is 16.6. The standard InChI is InChI=1S/C20H28N6O3/c1-5-13(2)29-20(27)22-11-7-6-10-21-18-19-25-24-14(3)26(19)17-9-8-15(28-4)12-16(17)23-18/h8-9,12-13H,5-7,10-11H2,1-4H3,(H,21,23)(H,22,27). The van der Waals surface area contributed by atoms with E-state index < -0.39 is 0 Å². The van der Waals surface area contributed by atoms with Gasteiger partial charge in [0.1, 0.15) is 17.7 Å². The van der Waals surface area contributed by atoms with Gasteiger partial charge >= 0.3 is 6.09 Å². The lowest BCUT2D eigenvalue weighted by atomic mass is 10.2. The number of carbonyl (C=O) groups is 1. The van der Waals surface area contributed by atoms with Crippen molar-refractivity contribution in [1.29, 1.82) is 0 Å². The van der Waals surface area contributed by atoms with Gasteiger partial charge in [-0.25, -0.2) is 9.78 Å². The Morgan fingerprint density at radius 3 is 2.79 bits per heavy atom. The first-order valence-corrected chi connectivity index (χ1v) is 9.91. The van der Waals surface area contributed by atoms with E-state index >= 15 is 0 Å². The van der Waals surface area contributed by atoms with E-state index in [0.717, 1.165) is 41.9 Å². The number of hydrogen-bond donors (Lipinski definition) is 2. The molecule has 0 aliphatic heterocycles. The molecule has 1 aromatic carbocycles. The van der Waals surface area contributed by atoms with Gasteiger partial charge in [0.2, 0.25) is 5.65 Å². The van der Waals surface area contributed by atoms with Gasteiger partial charge in [0.15, 0.2) is 5.82 Å². The van der Waals surface area contributed by atoms with Gasteiger partial charge in [-0.05, 0) is 45.2 Å². The number of amides is 1. The van der Waals surface area contributed by atoms with Crippen LogP contribution in [0.5, 0.6) is 5.75 Å². The SMILES string of the molecule is CCC(C)OC(=O)NCCCCNc1nc2cc(OC)ccc2n2c(C)nnc12. The first-order valence-electron chi connectivity index (χ1n) is 9.91. The van der Waals surface area contributed by atoms with E-state index in [1.165, 1.54) is 0 Å². The van der Waals surface area contributed by atoms with Crippen LogP contribution in [0.1, 0.15) is 38.9 Å². The summed E-state index contributed by atoms with van der Waals surface area (Å²) in [6, 6.07) is 5.75. The Labute approximate surface area is 169 Å². The lowest BCUT2D eigenvalue weighted by molar-refractivity contribution is 0.105. The van der Waals surface area contributed by atoms with Crippen molar-refractivity contribution in [1.82, 2.24) is 24.9 Å². The fourth-order valence-electron chi connectivity index (χ4n) is 2.96. The molecular weight excluding hydrogens is 372 g/mol. The van der Waals surface area contributed by atoms with Crippen LogP contribution in [0.4, 0.5) is 10.6 Å². The first kappa shape index (κ1) is 20.6. The summed E-state index contributed by atoms with van der Waals surface area (Å²) in [5.74, 6) is 2.22. The number of fused-ring (bicyclic) bond motifs is 3. The lowest BCUT2D eigenvalue weighted by Gasteiger charge is -2.12. The Hall–Kier alpha value is -3.10. The number of nitrogens with zero attached hydrogens (tertiary/aromatic N) is 4. The molecule has 2 N–H and O–H groups in total. The number of aromatic nitrogens is 4. The van der Waals surface area contributed by atoms with Gasteiger partial charge in [-0.1, -0.05) is 6.92 Å². The molecule has 9 nitrogen and oxygen atoms in total. The van der Waals surface area contributed by atoms with Crippen LogP contribution in [0, 0.1) is 6.92 Å². The van der Waals surface area contributed by atoms with Gasteiger partial charge in [0.05, 0.1) is 18.1 Å². The van der Waals surface area contributed by atoms with Gasteiger partial charge in [-0.3, -0.25) is 4.40 Å². The van der Waals surface area contributed by atoms with Crippen LogP contribution in [0.3, 0.4) is 0 Å². The molecule has 3 aromatic rings. The van der Waals surface area contributed by atoms with E-state index in [1.807, 2.05) is 43.4 Å². The number of methoxy groups -OCH3 is 1. The molecule has 29 heavy (non-hydrogen) atoms. The van der Waals surface area contributed by atoms with Crippen molar-refractivity contribution < 1.29 is 14.3 Å². The maximum Gasteiger partial charge on any atom is 0.407 e. The third-order valence-corrected chi connectivity index (χ3v) is 4.74. The molecule has 0 saturated heterocycles. The summed E-state index contributed by atoms with van der Waals surface area (Å²) < 4.78 is 12.5. The zero-order chi connectivity index (χ0) is 20.8. The van der Waals surface area contributed by atoms with E-state index in [-0.39, 0.29) is 12.2 Å². The average molecular weight is 400 g/mol. The summed E-state index contributed by atoms with van der Waals surface area (Å²) >= 11 is 0.